The lowest BCUT2D eigenvalue weighted by molar-refractivity contribution is -0.126. The van der Waals surface area contributed by atoms with E-state index in [1.54, 1.807) is 0 Å². The lowest BCUT2D eigenvalue weighted by Crippen LogP contribution is -2.45. The monoisotopic (exact) mass is 338 g/mol. The fourth-order valence-corrected chi connectivity index (χ4v) is 3.89. The number of β-amino-alcohol motifs (C(OH)–C–C–N with tert-alkyl or cyclic N) is 1. The third-order valence-corrected chi connectivity index (χ3v) is 5.29. The van der Waals surface area contributed by atoms with E-state index >= 15 is 0 Å². The molecule has 0 spiro atoms. The molecule has 0 radical (unpaired) electrons. The molecule has 2 aliphatic rings. The van der Waals surface area contributed by atoms with Gasteiger partial charge in [-0.15, -0.1) is 12.4 Å². The van der Waals surface area contributed by atoms with Crippen molar-refractivity contribution >= 4 is 18.3 Å². The van der Waals surface area contributed by atoms with Crippen LogP contribution >= 0.6 is 12.4 Å². The Labute approximate surface area is 144 Å². The van der Waals surface area contributed by atoms with Crippen LogP contribution in [0, 0.1) is 12.8 Å². The van der Waals surface area contributed by atoms with E-state index < -0.39 is 0 Å². The molecule has 3 N–H and O–H groups in total. The summed E-state index contributed by atoms with van der Waals surface area (Å²) < 4.78 is 0. The predicted octanol–water partition coefficient (Wildman–Crippen LogP) is 1.93. The number of benzene rings is 1. The number of hydrogen-bond acceptors (Lipinski definition) is 3. The van der Waals surface area contributed by atoms with E-state index in [1.165, 1.54) is 5.56 Å². The molecule has 1 amide bonds. The molecule has 2 fully saturated rings. The third kappa shape index (κ3) is 3.70. The fraction of sp³-hybridized carbons (Fsp3) is 0.611. The van der Waals surface area contributed by atoms with E-state index in [4.69, 9.17) is 0 Å². The first kappa shape index (κ1) is 18.2. The Balaban J connectivity index is 0.00000192. The van der Waals surface area contributed by atoms with Gasteiger partial charge in [0.1, 0.15) is 0 Å². The van der Waals surface area contributed by atoms with Crippen LogP contribution in [0.4, 0.5) is 0 Å². The highest BCUT2D eigenvalue weighted by atomic mass is 35.5. The average molecular weight is 339 g/mol. The molecule has 0 bridgehead atoms. The van der Waals surface area contributed by atoms with Crippen LogP contribution in [-0.2, 0) is 10.2 Å². The van der Waals surface area contributed by atoms with Gasteiger partial charge in [0.25, 0.3) is 0 Å². The maximum absolute atomic E-state index is 12.9. The van der Waals surface area contributed by atoms with Crippen molar-refractivity contribution in [2.75, 3.05) is 19.6 Å². The van der Waals surface area contributed by atoms with E-state index in [0.717, 1.165) is 37.8 Å². The van der Waals surface area contributed by atoms with Crippen molar-refractivity contribution in [2.24, 2.45) is 5.92 Å². The van der Waals surface area contributed by atoms with Gasteiger partial charge in [0.2, 0.25) is 5.91 Å². The van der Waals surface area contributed by atoms with Crippen molar-refractivity contribution in [2.45, 2.75) is 44.1 Å². The molecule has 5 heteroatoms. The number of hydrogen-bond donors (Lipinski definition) is 3. The Kier molecular flexibility index (Phi) is 6.06. The summed E-state index contributed by atoms with van der Waals surface area (Å²) in [6, 6.07) is 8.36. The largest absolute Gasteiger partial charge is 0.391 e. The highest BCUT2D eigenvalue weighted by Gasteiger charge is 2.43. The van der Waals surface area contributed by atoms with Gasteiger partial charge in [-0.05, 0) is 25.3 Å². The maximum Gasteiger partial charge on any atom is 0.230 e. The van der Waals surface area contributed by atoms with Gasteiger partial charge in [0.15, 0.2) is 0 Å². The van der Waals surface area contributed by atoms with Gasteiger partial charge < -0.3 is 15.7 Å². The number of nitrogens with one attached hydrogen (secondary N) is 2. The molecule has 23 heavy (non-hydrogen) atoms. The SMILES string of the molecule is Cc1cccc(C2(C(=O)NCC3CNCC3O)CCCC2)c1.Cl. The zero-order chi connectivity index (χ0) is 15.6. The van der Waals surface area contributed by atoms with Crippen molar-refractivity contribution in [3.05, 3.63) is 35.4 Å². The van der Waals surface area contributed by atoms with Crippen LogP contribution in [0.3, 0.4) is 0 Å². The minimum Gasteiger partial charge on any atom is -0.391 e. The van der Waals surface area contributed by atoms with Crippen LogP contribution in [0.25, 0.3) is 0 Å². The van der Waals surface area contributed by atoms with Crippen LogP contribution in [0.2, 0.25) is 0 Å². The number of rotatable bonds is 4. The highest BCUT2D eigenvalue weighted by Crippen LogP contribution is 2.41. The molecular formula is C18H27ClN2O2. The van der Waals surface area contributed by atoms with Crippen molar-refractivity contribution < 1.29 is 9.90 Å². The molecule has 128 valence electrons. The Morgan fingerprint density at radius 1 is 1.35 bits per heavy atom. The van der Waals surface area contributed by atoms with E-state index in [9.17, 15) is 9.90 Å². The van der Waals surface area contributed by atoms with Gasteiger partial charge in [0.05, 0.1) is 11.5 Å². The molecular weight excluding hydrogens is 312 g/mol. The molecule has 0 aromatic heterocycles. The summed E-state index contributed by atoms with van der Waals surface area (Å²) in [4.78, 5) is 12.9. The van der Waals surface area contributed by atoms with E-state index in [-0.39, 0.29) is 35.8 Å². The number of halogens is 1. The lowest BCUT2D eigenvalue weighted by atomic mass is 9.77. The first-order valence-corrected chi connectivity index (χ1v) is 8.36. The number of aliphatic hydroxyl groups excluding tert-OH is 1. The van der Waals surface area contributed by atoms with Gasteiger partial charge in [-0.25, -0.2) is 0 Å². The minimum absolute atomic E-state index is 0. The molecule has 2 unspecified atom stereocenters. The summed E-state index contributed by atoms with van der Waals surface area (Å²) in [5.41, 5.74) is 1.97. The number of aliphatic hydroxyl groups is 1. The average Bonchev–Trinajstić information content (AvgIpc) is 3.15. The van der Waals surface area contributed by atoms with E-state index in [0.29, 0.717) is 13.1 Å². The number of amides is 1. The second kappa shape index (κ2) is 7.65. The van der Waals surface area contributed by atoms with Crippen LogP contribution in [0.15, 0.2) is 24.3 Å². The van der Waals surface area contributed by atoms with E-state index in [1.807, 2.05) is 6.07 Å². The summed E-state index contributed by atoms with van der Waals surface area (Å²) >= 11 is 0. The summed E-state index contributed by atoms with van der Waals surface area (Å²) in [5.74, 6) is 0.259. The molecule has 1 aromatic rings. The standard InChI is InChI=1S/C18H26N2O2.ClH/c1-13-5-4-6-15(9-13)18(7-2-3-8-18)17(22)20-11-14-10-19-12-16(14)21;/h4-6,9,14,16,19,21H,2-3,7-8,10-12H2,1H3,(H,20,22);1H. The summed E-state index contributed by atoms with van der Waals surface area (Å²) in [7, 11) is 0. The molecule has 1 aliphatic heterocycles. The van der Waals surface area contributed by atoms with Gasteiger partial charge in [-0.1, -0.05) is 42.7 Å². The first-order chi connectivity index (χ1) is 10.6. The van der Waals surface area contributed by atoms with Crippen LogP contribution in [0.5, 0.6) is 0 Å². The summed E-state index contributed by atoms with van der Waals surface area (Å²) in [5, 5.41) is 16.2. The zero-order valence-corrected chi connectivity index (χ0v) is 14.5. The number of aryl methyl sites for hydroxylation is 1. The Bertz CT molecular complexity index is 544. The van der Waals surface area contributed by atoms with Gasteiger partial charge in [-0.2, -0.15) is 0 Å². The number of carbonyl (C=O) groups excluding carboxylic acids is 1. The molecule has 1 saturated heterocycles. The molecule has 1 heterocycles. The third-order valence-electron chi connectivity index (χ3n) is 5.29. The second-order valence-electron chi connectivity index (χ2n) is 6.85. The molecule has 1 saturated carbocycles. The summed E-state index contributed by atoms with van der Waals surface area (Å²) in [6.07, 6.45) is 3.71. The topological polar surface area (TPSA) is 61.4 Å². The Morgan fingerprint density at radius 2 is 2.09 bits per heavy atom. The van der Waals surface area contributed by atoms with Crippen LogP contribution < -0.4 is 10.6 Å². The van der Waals surface area contributed by atoms with Crippen LogP contribution in [0.1, 0.15) is 36.8 Å². The molecule has 3 rings (SSSR count). The maximum atomic E-state index is 12.9. The quantitative estimate of drug-likeness (QED) is 0.786. The first-order valence-electron chi connectivity index (χ1n) is 8.36. The smallest absolute Gasteiger partial charge is 0.230 e. The van der Waals surface area contributed by atoms with Gasteiger partial charge >= 0.3 is 0 Å². The fourth-order valence-electron chi connectivity index (χ4n) is 3.89. The zero-order valence-electron chi connectivity index (χ0n) is 13.7. The molecule has 2 atom stereocenters. The van der Waals surface area contributed by atoms with Gasteiger partial charge in [-0.3, -0.25) is 4.79 Å². The van der Waals surface area contributed by atoms with E-state index in [2.05, 4.69) is 35.8 Å². The molecule has 4 nitrogen and oxygen atoms in total. The van der Waals surface area contributed by atoms with Crippen molar-refractivity contribution in [1.29, 1.82) is 0 Å². The Hall–Kier alpha value is -1.10. The molecule has 1 aromatic carbocycles. The van der Waals surface area contributed by atoms with Crippen LogP contribution in [-0.4, -0.2) is 36.8 Å². The van der Waals surface area contributed by atoms with Crippen molar-refractivity contribution in [3.8, 4) is 0 Å². The van der Waals surface area contributed by atoms with Crippen molar-refractivity contribution in [3.63, 3.8) is 0 Å². The molecule has 1 aliphatic carbocycles. The Morgan fingerprint density at radius 3 is 2.70 bits per heavy atom. The van der Waals surface area contributed by atoms with Gasteiger partial charge in [0, 0.05) is 25.6 Å². The summed E-state index contributed by atoms with van der Waals surface area (Å²) in [6.45, 7) is 4.04. The van der Waals surface area contributed by atoms with Crippen molar-refractivity contribution in [1.82, 2.24) is 10.6 Å². The number of carbonyl (C=O) groups is 1. The highest BCUT2D eigenvalue weighted by molar-refractivity contribution is 5.88. The minimum atomic E-state index is -0.372. The second-order valence-corrected chi connectivity index (χ2v) is 6.85. The normalized spacial score (nSPS) is 25.8. The lowest BCUT2D eigenvalue weighted by Gasteiger charge is -2.29. The predicted molar refractivity (Wildman–Crippen MR) is 93.9 cm³/mol.